The third-order valence-corrected chi connectivity index (χ3v) is 4.81. The van der Waals surface area contributed by atoms with E-state index in [0.29, 0.717) is 6.04 Å². The van der Waals surface area contributed by atoms with Gasteiger partial charge in [-0.3, -0.25) is 0 Å². The Morgan fingerprint density at radius 3 is 2.45 bits per heavy atom. The Labute approximate surface area is 122 Å². The molecule has 2 fully saturated rings. The number of aromatic nitrogens is 1. The fourth-order valence-electron chi connectivity index (χ4n) is 3.42. The van der Waals surface area contributed by atoms with Crippen LogP contribution in [0.15, 0.2) is 18.3 Å². The van der Waals surface area contributed by atoms with Gasteiger partial charge < -0.3 is 10.2 Å². The summed E-state index contributed by atoms with van der Waals surface area (Å²) in [6.45, 7) is 4.70. The monoisotopic (exact) mass is 273 g/mol. The van der Waals surface area contributed by atoms with E-state index < -0.39 is 0 Å². The van der Waals surface area contributed by atoms with E-state index in [-0.39, 0.29) is 0 Å². The van der Waals surface area contributed by atoms with Crippen molar-refractivity contribution in [3.8, 4) is 0 Å². The Morgan fingerprint density at radius 2 is 1.80 bits per heavy atom. The molecule has 1 aliphatic carbocycles. The summed E-state index contributed by atoms with van der Waals surface area (Å²) in [4.78, 5) is 7.06. The van der Waals surface area contributed by atoms with Crippen molar-refractivity contribution in [3.63, 3.8) is 0 Å². The fourth-order valence-corrected chi connectivity index (χ4v) is 3.42. The lowest BCUT2D eigenvalue weighted by Gasteiger charge is -2.29. The van der Waals surface area contributed by atoms with Crippen LogP contribution in [0.3, 0.4) is 0 Å². The van der Waals surface area contributed by atoms with Crippen LogP contribution in [-0.4, -0.2) is 24.1 Å². The van der Waals surface area contributed by atoms with E-state index in [9.17, 15) is 0 Å². The number of hydrogen-bond acceptors (Lipinski definition) is 3. The summed E-state index contributed by atoms with van der Waals surface area (Å²) in [6, 6.07) is 5.03. The molecule has 0 bridgehead atoms. The van der Waals surface area contributed by atoms with Crippen molar-refractivity contribution in [2.45, 2.75) is 57.9 Å². The number of pyridine rings is 1. The summed E-state index contributed by atoms with van der Waals surface area (Å²) in [5.74, 6) is 2.06. The topological polar surface area (TPSA) is 28.2 Å². The zero-order valence-corrected chi connectivity index (χ0v) is 12.6. The maximum atomic E-state index is 4.65. The van der Waals surface area contributed by atoms with Crippen LogP contribution in [0, 0.1) is 5.92 Å². The van der Waals surface area contributed by atoms with Crippen LogP contribution in [0.4, 0.5) is 11.5 Å². The molecule has 1 N–H and O–H groups in total. The molecule has 3 nitrogen and oxygen atoms in total. The Bertz CT molecular complexity index is 401. The molecule has 0 aromatic carbocycles. The summed E-state index contributed by atoms with van der Waals surface area (Å²) in [7, 11) is 0. The first kappa shape index (κ1) is 13.7. The zero-order valence-electron chi connectivity index (χ0n) is 12.6. The maximum absolute atomic E-state index is 4.65. The zero-order chi connectivity index (χ0) is 13.8. The van der Waals surface area contributed by atoms with Crippen molar-refractivity contribution in [1.82, 2.24) is 4.98 Å². The first-order valence-electron chi connectivity index (χ1n) is 8.29. The predicted octanol–water partition coefficient (Wildman–Crippen LogP) is 4.06. The molecule has 0 amide bonds. The van der Waals surface area contributed by atoms with Crippen molar-refractivity contribution in [1.29, 1.82) is 0 Å². The van der Waals surface area contributed by atoms with Gasteiger partial charge in [-0.25, -0.2) is 4.98 Å². The highest BCUT2D eigenvalue weighted by Gasteiger charge is 2.18. The molecule has 1 saturated carbocycles. The molecule has 110 valence electrons. The summed E-state index contributed by atoms with van der Waals surface area (Å²) in [6.07, 6.45) is 11.3. The van der Waals surface area contributed by atoms with Gasteiger partial charge in [0.05, 0.1) is 11.9 Å². The summed E-state index contributed by atoms with van der Waals surface area (Å²) >= 11 is 0. The van der Waals surface area contributed by atoms with Gasteiger partial charge >= 0.3 is 0 Å². The van der Waals surface area contributed by atoms with Crippen molar-refractivity contribution < 1.29 is 0 Å². The SMILES string of the molecule is CC1CCC(Nc2ccc(N3CCCCC3)nc2)CC1. The van der Waals surface area contributed by atoms with Crippen molar-refractivity contribution >= 4 is 11.5 Å². The van der Waals surface area contributed by atoms with Crippen molar-refractivity contribution in [2.75, 3.05) is 23.3 Å². The molecule has 0 atom stereocenters. The molecular formula is C17H27N3. The number of piperidine rings is 1. The van der Waals surface area contributed by atoms with E-state index in [1.165, 1.54) is 63.7 Å². The Balaban J connectivity index is 1.55. The van der Waals surface area contributed by atoms with Gasteiger partial charge in [0.2, 0.25) is 0 Å². The highest BCUT2D eigenvalue weighted by molar-refractivity contribution is 5.49. The second-order valence-electron chi connectivity index (χ2n) is 6.55. The molecule has 1 aliphatic heterocycles. The number of nitrogens with one attached hydrogen (secondary N) is 1. The molecule has 2 heterocycles. The van der Waals surface area contributed by atoms with Crippen LogP contribution in [-0.2, 0) is 0 Å². The van der Waals surface area contributed by atoms with Crippen molar-refractivity contribution in [3.05, 3.63) is 18.3 Å². The third kappa shape index (κ3) is 3.44. The summed E-state index contributed by atoms with van der Waals surface area (Å²) < 4.78 is 0. The van der Waals surface area contributed by atoms with Gasteiger partial charge in [0, 0.05) is 19.1 Å². The molecule has 0 spiro atoms. The quantitative estimate of drug-likeness (QED) is 0.900. The lowest BCUT2D eigenvalue weighted by molar-refractivity contribution is 0.361. The molecule has 1 aromatic rings. The van der Waals surface area contributed by atoms with Crippen molar-refractivity contribution in [2.24, 2.45) is 5.92 Å². The summed E-state index contributed by atoms with van der Waals surface area (Å²) in [5, 5.41) is 3.65. The van der Waals surface area contributed by atoms with E-state index in [4.69, 9.17) is 0 Å². The molecule has 3 rings (SSSR count). The van der Waals surface area contributed by atoms with Crippen LogP contribution in [0.2, 0.25) is 0 Å². The highest BCUT2D eigenvalue weighted by Crippen LogP contribution is 2.26. The fraction of sp³-hybridized carbons (Fsp3) is 0.706. The van der Waals surface area contributed by atoms with Gasteiger partial charge in [-0.15, -0.1) is 0 Å². The van der Waals surface area contributed by atoms with Crippen LogP contribution < -0.4 is 10.2 Å². The number of anilines is 2. The summed E-state index contributed by atoms with van der Waals surface area (Å²) in [5.41, 5.74) is 1.19. The van der Waals surface area contributed by atoms with Gasteiger partial charge in [-0.1, -0.05) is 6.92 Å². The normalized spacial score (nSPS) is 27.4. The minimum absolute atomic E-state index is 0.647. The van der Waals surface area contributed by atoms with Crippen LogP contribution in [0.1, 0.15) is 51.9 Å². The Morgan fingerprint density at radius 1 is 1.05 bits per heavy atom. The highest BCUT2D eigenvalue weighted by atomic mass is 15.2. The first-order valence-corrected chi connectivity index (χ1v) is 8.29. The largest absolute Gasteiger partial charge is 0.381 e. The molecule has 2 aliphatic rings. The molecule has 1 aromatic heterocycles. The molecule has 0 radical (unpaired) electrons. The number of nitrogens with zero attached hydrogens (tertiary/aromatic N) is 2. The van der Waals surface area contributed by atoms with Gasteiger partial charge in [-0.2, -0.15) is 0 Å². The molecule has 0 unspecified atom stereocenters. The van der Waals surface area contributed by atoms with E-state index in [1.54, 1.807) is 0 Å². The number of hydrogen-bond donors (Lipinski definition) is 1. The molecule has 20 heavy (non-hydrogen) atoms. The lowest BCUT2D eigenvalue weighted by Crippen LogP contribution is -2.30. The van der Waals surface area contributed by atoms with E-state index in [1.807, 2.05) is 6.20 Å². The van der Waals surface area contributed by atoms with E-state index in [2.05, 4.69) is 34.3 Å². The van der Waals surface area contributed by atoms with Gasteiger partial charge in [0.1, 0.15) is 5.82 Å². The number of rotatable bonds is 3. The average Bonchev–Trinajstić information content (AvgIpc) is 2.51. The second-order valence-corrected chi connectivity index (χ2v) is 6.55. The predicted molar refractivity (Wildman–Crippen MR) is 85.3 cm³/mol. The minimum Gasteiger partial charge on any atom is -0.381 e. The minimum atomic E-state index is 0.647. The van der Waals surface area contributed by atoms with Gasteiger partial charge in [0.15, 0.2) is 0 Å². The standard InChI is InChI=1S/C17H27N3/c1-14-5-7-15(8-6-14)19-16-9-10-17(18-13-16)20-11-3-2-4-12-20/h9-10,13-15,19H,2-8,11-12H2,1H3. The van der Waals surface area contributed by atoms with Crippen LogP contribution >= 0.6 is 0 Å². The molecular weight excluding hydrogens is 246 g/mol. The lowest BCUT2D eigenvalue weighted by atomic mass is 9.87. The van der Waals surface area contributed by atoms with Crippen LogP contribution in [0.5, 0.6) is 0 Å². The van der Waals surface area contributed by atoms with E-state index in [0.717, 1.165) is 11.7 Å². The first-order chi connectivity index (χ1) is 9.81. The Hall–Kier alpha value is -1.25. The Kier molecular flexibility index (Phi) is 4.44. The van der Waals surface area contributed by atoms with Gasteiger partial charge in [-0.05, 0) is 63.0 Å². The average molecular weight is 273 g/mol. The molecule has 1 saturated heterocycles. The smallest absolute Gasteiger partial charge is 0.128 e. The third-order valence-electron chi connectivity index (χ3n) is 4.81. The van der Waals surface area contributed by atoms with E-state index >= 15 is 0 Å². The second kappa shape index (κ2) is 6.47. The van der Waals surface area contributed by atoms with Crippen LogP contribution in [0.25, 0.3) is 0 Å². The van der Waals surface area contributed by atoms with Gasteiger partial charge in [0.25, 0.3) is 0 Å². The maximum Gasteiger partial charge on any atom is 0.128 e. The molecule has 3 heteroatoms.